The van der Waals surface area contributed by atoms with E-state index < -0.39 is 0 Å². The van der Waals surface area contributed by atoms with Gasteiger partial charge in [0.1, 0.15) is 5.82 Å². The largest absolute Gasteiger partial charge is 0.355 e. The smallest absolute Gasteiger partial charge is 0.227 e. The van der Waals surface area contributed by atoms with E-state index in [1.165, 1.54) is 24.1 Å². The van der Waals surface area contributed by atoms with Crippen LogP contribution < -0.4 is 9.80 Å². The van der Waals surface area contributed by atoms with Crippen molar-refractivity contribution in [2.45, 2.75) is 32.1 Å². The van der Waals surface area contributed by atoms with Crippen LogP contribution in [0.3, 0.4) is 0 Å². The maximum absolute atomic E-state index is 12.5. The van der Waals surface area contributed by atoms with E-state index in [2.05, 4.69) is 4.90 Å². The highest BCUT2D eigenvalue weighted by atomic mass is 16.2. The third kappa shape index (κ3) is 2.52. The molecule has 0 N–H and O–H groups in total. The summed E-state index contributed by atoms with van der Waals surface area (Å²) >= 11 is 0. The Kier molecular flexibility index (Phi) is 3.85. The molecule has 1 aromatic rings. The Labute approximate surface area is 143 Å². The summed E-state index contributed by atoms with van der Waals surface area (Å²) in [5.74, 6) is 2.81. The molecule has 130 valence electrons. The first-order chi connectivity index (χ1) is 11.5. The average Bonchev–Trinajstić information content (AvgIpc) is 3.02. The van der Waals surface area contributed by atoms with Gasteiger partial charge in [-0.1, -0.05) is 0 Å². The lowest BCUT2D eigenvalue weighted by atomic mass is 9.88. The Hall–Kier alpha value is -1.85. The van der Waals surface area contributed by atoms with E-state index >= 15 is 0 Å². The summed E-state index contributed by atoms with van der Waals surface area (Å²) in [5.41, 5.74) is 2.54. The van der Waals surface area contributed by atoms with Crippen LogP contribution in [0, 0.1) is 11.8 Å². The molecule has 0 unspecified atom stereocenters. The molecule has 4 rings (SSSR count). The number of carbonyl (C=O) groups is 1. The minimum atomic E-state index is 0.140. The van der Waals surface area contributed by atoms with Crippen molar-refractivity contribution >= 4 is 17.7 Å². The van der Waals surface area contributed by atoms with Gasteiger partial charge in [-0.25, -0.2) is 4.98 Å². The van der Waals surface area contributed by atoms with Gasteiger partial charge in [0.2, 0.25) is 11.9 Å². The highest BCUT2D eigenvalue weighted by molar-refractivity contribution is 5.81. The van der Waals surface area contributed by atoms with Gasteiger partial charge in [0.15, 0.2) is 0 Å². The zero-order valence-corrected chi connectivity index (χ0v) is 15.0. The fraction of sp³-hybridized carbons (Fsp3) is 0.722. The van der Waals surface area contributed by atoms with Crippen LogP contribution in [0.5, 0.6) is 0 Å². The van der Waals surface area contributed by atoms with Crippen LogP contribution in [0.1, 0.15) is 30.5 Å². The highest BCUT2D eigenvalue weighted by Crippen LogP contribution is 2.37. The summed E-state index contributed by atoms with van der Waals surface area (Å²) in [6.45, 7) is 2.66. The maximum Gasteiger partial charge on any atom is 0.227 e. The number of anilines is 2. The standard InChI is InChI=1S/C18H27N5O/c1-21(2)18-19-15-7-5-4-6-13(15)16(20-18)23-10-12-8-9-22(3)17(24)14(12)11-23/h12,14H,4-11H2,1-3H3/t12-,14+/m1/s1. The summed E-state index contributed by atoms with van der Waals surface area (Å²) < 4.78 is 0. The average molecular weight is 329 g/mol. The second kappa shape index (κ2) is 5.90. The molecule has 0 bridgehead atoms. The fourth-order valence-electron chi connectivity index (χ4n) is 4.39. The Morgan fingerprint density at radius 2 is 1.92 bits per heavy atom. The molecule has 3 heterocycles. The summed E-state index contributed by atoms with van der Waals surface area (Å²) in [6, 6.07) is 0. The van der Waals surface area contributed by atoms with Crippen LogP contribution in [-0.2, 0) is 17.6 Å². The summed E-state index contributed by atoms with van der Waals surface area (Å²) in [7, 11) is 5.92. The lowest BCUT2D eigenvalue weighted by Gasteiger charge is -2.30. The molecule has 1 aliphatic carbocycles. The molecule has 2 aliphatic heterocycles. The quantitative estimate of drug-likeness (QED) is 0.819. The number of hydrogen-bond donors (Lipinski definition) is 0. The number of nitrogens with zero attached hydrogens (tertiary/aromatic N) is 5. The van der Waals surface area contributed by atoms with Crippen LogP contribution in [0.2, 0.25) is 0 Å². The van der Waals surface area contributed by atoms with Gasteiger partial charge >= 0.3 is 0 Å². The molecule has 6 nitrogen and oxygen atoms in total. The Balaban J connectivity index is 1.69. The van der Waals surface area contributed by atoms with Gasteiger partial charge in [0.25, 0.3) is 0 Å². The minimum Gasteiger partial charge on any atom is -0.355 e. The Morgan fingerprint density at radius 3 is 2.71 bits per heavy atom. The van der Waals surface area contributed by atoms with Crippen molar-refractivity contribution in [2.75, 3.05) is 50.6 Å². The van der Waals surface area contributed by atoms with Gasteiger partial charge in [-0.05, 0) is 38.0 Å². The van der Waals surface area contributed by atoms with E-state index in [9.17, 15) is 4.79 Å². The fourth-order valence-corrected chi connectivity index (χ4v) is 4.39. The van der Waals surface area contributed by atoms with Gasteiger partial charge in [-0.15, -0.1) is 0 Å². The molecule has 0 aromatic carbocycles. The molecule has 2 saturated heterocycles. The van der Waals surface area contributed by atoms with E-state index in [0.717, 1.165) is 50.7 Å². The first-order valence-corrected chi connectivity index (χ1v) is 9.11. The van der Waals surface area contributed by atoms with Crippen LogP contribution in [0.15, 0.2) is 0 Å². The van der Waals surface area contributed by atoms with Crippen molar-refractivity contribution in [1.82, 2.24) is 14.9 Å². The van der Waals surface area contributed by atoms with Crippen LogP contribution in [0.4, 0.5) is 11.8 Å². The van der Waals surface area contributed by atoms with E-state index in [4.69, 9.17) is 9.97 Å². The predicted molar refractivity (Wildman–Crippen MR) is 94.4 cm³/mol. The predicted octanol–water partition coefficient (Wildman–Crippen LogP) is 1.34. The Bertz CT molecular complexity index is 659. The van der Waals surface area contributed by atoms with E-state index in [-0.39, 0.29) is 5.92 Å². The molecule has 3 aliphatic rings. The normalized spacial score (nSPS) is 26.4. The number of piperidine rings is 1. The zero-order valence-electron chi connectivity index (χ0n) is 15.0. The number of aryl methyl sites for hydroxylation is 1. The zero-order chi connectivity index (χ0) is 16.8. The van der Waals surface area contributed by atoms with E-state index in [1.54, 1.807) is 0 Å². The van der Waals surface area contributed by atoms with Crippen molar-refractivity contribution in [3.63, 3.8) is 0 Å². The van der Waals surface area contributed by atoms with Crippen molar-refractivity contribution in [1.29, 1.82) is 0 Å². The lowest BCUT2D eigenvalue weighted by Crippen LogP contribution is -2.42. The second-order valence-electron chi connectivity index (χ2n) is 7.69. The van der Waals surface area contributed by atoms with Crippen LogP contribution in [-0.4, -0.2) is 61.6 Å². The number of likely N-dealkylation sites (tertiary alicyclic amines) is 1. The third-order valence-electron chi connectivity index (χ3n) is 5.82. The number of hydrogen-bond acceptors (Lipinski definition) is 5. The lowest BCUT2D eigenvalue weighted by molar-refractivity contribution is -0.137. The van der Waals surface area contributed by atoms with Crippen molar-refractivity contribution in [3.05, 3.63) is 11.3 Å². The van der Waals surface area contributed by atoms with Crippen LogP contribution in [0.25, 0.3) is 0 Å². The molecule has 0 spiro atoms. The molecule has 24 heavy (non-hydrogen) atoms. The third-order valence-corrected chi connectivity index (χ3v) is 5.82. The highest BCUT2D eigenvalue weighted by Gasteiger charge is 2.43. The van der Waals surface area contributed by atoms with Gasteiger partial charge in [-0.2, -0.15) is 4.98 Å². The number of rotatable bonds is 2. The molecule has 1 aromatic heterocycles. The molecule has 2 atom stereocenters. The molecular weight excluding hydrogens is 302 g/mol. The van der Waals surface area contributed by atoms with Gasteiger partial charge in [0, 0.05) is 46.3 Å². The van der Waals surface area contributed by atoms with Crippen molar-refractivity contribution in [3.8, 4) is 0 Å². The molecule has 1 amide bonds. The number of aromatic nitrogens is 2. The van der Waals surface area contributed by atoms with E-state index in [1.807, 2.05) is 30.9 Å². The first kappa shape index (κ1) is 15.7. The number of carbonyl (C=O) groups excluding carboxylic acids is 1. The maximum atomic E-state index is 12.5. The monoisotopic (exact) mass is 329 g/mol. The van der Waals surface area contributed by atoms with Gasteiger partial charge in [-0.3, -0.25) is 4.79 Å². The second-order valence-corrected chi connectivity index (χ2v) is 7.69. The van der Waals surface area contributed by atoms with Crippen molar-refractivity contribution in [2.24, 2.45) is 11.8 Å². The SMILES string of the molecule is CN1CC[C@@H]2CN(c3nc(N(C)C)nc4c3CCCC4)C[C@@H]2C1=O. The number of amides is 1. The van der Waals surface area contributed by atoms with Gasteiger partial charge in [0.05, 0.1) is 11.6 Å². The van der Waals surface area contributed by atoms with E-state index in [0.29, 0.717) is 11.8 Å². The summed E-state index contributed by atoms with van der Waals surface area (Å²) in [5, 5.41) is 0. The topological polar surface area (TPSA) is 52.6 Å². The number of fused-ring (bicyclic) bond motifs is 2. The molecular formula is C18H27N5O. The van der Waals surface area contributed by atoms with Gasteiger partial charge < -0.3 is 14.7 Å². The van der Waals surface area contributed by atoms with Crippen molar-refractivity contribution < 1.29 is 4.79 Å². The first-order valence-electron chi connectivity index (χ1n) is 9.11. The minimum absolute atomic E-state index is 0.140. The molecule has 2 fully saturated rings. The molecule has 0 saturated carbocycles. The summed E-state index contributed by atoms with van der Waals surface area (Å²) in [4.78, 5) is 28.4. The summed E-state index contributed by atoms with van der Waals surface area (Å²) in [6.07, 6.45) is 5.65. The molecule has 0 radical (unpaired) electrons. The molecule has 6 heteroatoms. The Morgan fingerprint density at radius 1 is 1.12 bits per heavy atom. The van der Waals surface area contributed by atoms with Crippen LogP contribution >= 0.6 is 0 Å².